The second kappa shape index (κ2) is 10.7. The van der Waals surface area contributed by atoms with Crippen molar-refractivity contribution in [1.29, 1.82) is 0 Å². The molecule has 0 unspecified atom stereocenters. The van der Waals surface area contributed by atoms with E-state index in [2.05, 4.69) is 21.2 Å². The summed E-state index contributed by atoms with van der Waals surface area (Å²) in [5, 5.41) is 15.1. The van der Waals surface area contributed by atoms with Crippen molar-refractivity contribution in [2.75, 3.05) is 11.9 Å². The van der Waals surface area contributed by atoms with Gasteiger partial charge in [0, 0.05) is 24.4 Å². The van der Waals surface area contributed by atoms with E-state index in [9.17, 15) is 10.1 Å². The topological polar surface area (TPSA) is 73.6 Å². The van der Waals surface area contributed by atoms with E-state index in [0.717, 1.165) is 21.3 Å². The number of halogens is 3. The summed E-state index contributed by atoms with van der Waals surface area (Å²) >= 11 is 15.6. The van der Waals surface area contributed by atoms with Crippen molar-refractivity contribution in [1.82, 2.24) is 0 Å². The maximum Gasteiger partial charge on any atom is 0.269 e. The van der Waals surface area contributed by atoms with Gasteiger partial charge in [0.1, 0.15) is 6.61 Å². The largest absolute Gasteiger partial charge is 0.490 e. The first-order valence-electron chi connectivity index (χ1n) is 9.37. The third kappa shape index (κ3) is 6.26. The van der Waals surface area contributed by atoms with Gasteiger partial charge in [-0.3, -0.25) is 10.1 Å². The van der Waals surface area contributed by atoms with E-state index in [1.165, 1.54) is 12.1 Å². The van der Waals surface area contributed by atoms with Gasteiger partial charge in [-0.1, -0.05) is 23.2 Å². The van der Waals surface area contributed by atoms with Crippen molar-refractivity contribution in [2.45, 2.75) is 20.1 Å². The van der Waals surface area contributed by atoms with Gasteiger partial charge in [0.2, 0.25) is 0 Å². The Morgan fingerprint density at radius 3 is 2.39 bits per heavy atom. The fraction of sp³-hybridized carbons (Fsp3) is 0.182. The van der Waals surface area contributed by atoms with Crippen LogP contribution in [0.1, 0.15) is 18.1 Å². The molecule has 0 spiro atoms. The minimum Gasteiger partial charge on any atom is -0.490 e. The van der Waals surface area contributed by atoms with E-state index in [1.807, 2.05) is 25.1 Å². The van der Waals surface area contributed by atoms with Crippen LogP contribution in [0.5, 0.6) is 11.5 Å². The number of hydrogen-bond acceptors (Lipinski definition) is 5. The van der Waals surface area contributed by atoms with Crippen LogP contribution in [0.15, 0.2) is 59.1 Å². The standard InChI is InChI=1S/C22H19BrCl2N2O4/c1-2-30-21-10-15(12-26-16-5-8-19(24)20(25)11-16)9-18(23)22(21)31-13-14-3-6-17(7-4-14)27(28)29/h3-11,26H,2,12-13H2,1H3. The Balaban J connectivity index is 1.73. The van der Waals surface area contributed by atoms with Crippen molar-refractivity contribution < 1.29 is 14.4 Å². The van der Waals surface area contributed by atoms with E-state index in [1.54, 1.807) is 24.3 Å². The minimum atomic E-state index is -0.431. The molecule has 1 N–H and O–H groups in total. The molecule has 0 saturated heterocycles. The van der Waals surface area contributed by atoms with Gasteiger partial charge in [-0.2, -0.15) is 0 Å². The second-order valence-corrected chi connectivity index (χ2v) is 8.20. The highest BCUT2D eigenvalue weighted by Gasteiger charge is 2.13. The Hall–Kier alpha value is -2.48. The lowest BCUT2D eigenvalue weighted by Crippen LogP contribution is -2.04. The van der Waals surface area contributed by atoms with Crippen LogP contribution >= 0.6 is 39.1 Å². The first-order chi connectivity index (χ1) is 14.9. The molecule has 3 rings (SSSR count). The van der Waals surface area contributed by atoms with Gasteiger partial charge in [-0.25, -0.2) is 0 Å². The molecule has 6 nitrogen and oxygen atoms in total. The molecule has 0 aliphatic carbocycles. The molecule has 0 bridgehead atoms. The summed E-state index contributed by atoms with van der Waals surface area (Å²) in [4.78, 5) is 10.4. The zero-order valence-electron chi connectivity index (χ0n) is 16.5. The molecule has 31 heavy (non-hydrogen) atoms. The molecule has 0 saturated carbocycles. The molecule has 3 aromatic carbocycles. The van der Waals surface area contributed by atoms with Crippen LogP contribution in [-0.2, 0) is 13.2 Å². The van der Waals surface area contributed by atoms with E-state index >= 15 is 0 Å². The van der Waals surface area contributed by atoms with Gasteiger partial charge in [0.15, 0.2) is 11.5 Å². The maximum absolute atomic E-state index is 10.8. The highest BCUT2D eigenvalue weighted by atomic mass is 79.9. The molecule has 0 heterocycles. The zero-order chi connectivity index (χ0) is 22.4. The van der Waals surface area contributed by atoms with Crippen LogP contribution in [0.2, 0.25) is 10.0 Å². The molecule has 0 aliphatic rings. The van der Waals surface area contributed by atoms with Crippen molar-refractivity contribution in [3.05, 3.63) is 90.4 Å². The number of benzene rings is 3. The van der Waals surface area contributed by atoms with Crippen LogP contribution in [0.25, 0.3) is 0 Å². The summed E-state index contributed by atoms with van der Waals surface area (Å²) in [6.07, 6.45) is 0. The third-order valence-electron chi connectivity index (χ3n) is 4.32. The highest BCUT2D eigenvalue weighted by molar-refractivity contribution is 9.10. The summed E-state index contributed by atoms with van der Waals surface area (Å²) in [6.45, 7) is 3.16. The number of hydrogen-bond donors (Lipinski definition) is 1. The molecule has 9 heteroatoms. The quantitative estimate of drug-likeness (QED) is 0.235. The lowest BCUT2D eigenvalue weighted by molar-refractivity contribution is -0.384. The summed E-state index contributed by atoms with van der Waals surface area (Å²) in [7, 11) is 0. The fourth-order valence-corrected chi connectivity index (χ4v) is 3.71. The maximum atomic E-state index is 10.8. The van der Waals surface area contributed by atoms with Crippen LogP contribution < -0.4 is 14.8 Å². The first-order valence-corrected chi connectivity index (χ1v) is 10.9. The molecule has 0 atom stereocenters. The number of nitrogens with one attached hydrogen (secondary N) is 1. The van der Waals surface area contributed by atoms with Crippen LogP contribution in [-0.4, -0.2) is 11.5 Å². The van der Waals surface area contributed by atoms with E-state index < -0.39 is 4.92 Å². The normalized spacial score (nSPS) is 10.6. The van der Waals surface area contributed by atoms with Gasteiger partial charge < -0.3 is 14.8 Å². The van der Waals surface area contributed by atoms with Gasteiger partial charge in [0.25, 0.3) is 5.69 Å². The molecular formula is C22H19BrCl2N2O4. The van der Waals surface area contributed by atoms with Crippen LogP contribution in [0.4, 0.5) is 11.4 Å². The SMILES string of the molecule is CCOc1cc(CNc2ccc(Cl)c(Cl)c2)cc(Br)c1OCc1ccc([N+](=O)[O-])cc1. The zero-order valence-corrected chi connectivity index (χ0v) is 19.6. The van der Waals surface area contributed by atoms with Gasteiger partial charge >= 0.3 is 0 Å². The number of ether oxygens (including phenoxy) is 2. The Morgan fingerprint density at radius 1 is 1.00 bits per heavy atom. The number of non-ortho nitro benzene ring substituents is 1. The minimum absolute atomic E-state index is 0.0405. The summed E-state index contributed by atoms with van der Waals surface area (Å²) in [6, 6.07) is 15.5. The number of nitrogens with zero attached hydrogens (tertiary/aromatic N) is 1. The predicted octanol–water partition coefficient (Wildman–Crippen LogP) is 7.25. The van der Waals surface area contributed by atoms with Crippen molar-refractivity contribution in [2.24, 2.45) is 0 Å². The average Bonchev–Trinajstić information content (AvgIpc) is 2.74. The number of rotatable bonds is 9. The third-order valence-corrected chi connectivity index (χ3v) is 5.64. The molecule has 0 aliphatic heterocycles. The smallest absolute Gasteiger partial charge is 0.269 e. The molecule has 0 aromatic heterocycles. The lowest BCUT2D eigenvalue weighted by Gasteiger charge is -2.16. The second-order valence-electron chi connectivity index (χ2n) is 6.53. The number of anilines is 1. The van der Waals surface area contributed by atoms with E-state index in [-0.39, 0.29) is 12.3 Å². The van der Waals surface area contributed by atoms with Crippen LogP contribution in [0, 0.1) is 10.1 Å². The van der Waals surface area contributed by atoms with Gasteiger partial charge in [-0.05, 0) is 76.4 Å². The number of nitro groups is 1. The van der Waals surface area contributed by atoms with Crippen LogP contribution in [0.3, 0.4) is 0 Å². The van der Waals surface area contributed by atoms with E-state index in [0.29, 0.717) is 34.7 Å². The Labute approximate surface area is 198 Å². The summed E-state index contributed by atoms with van der Waals surface area (Å²) in [5.41, 5.74) is 2.68. The summed E-state index contributed by atoms with van der Waals surface area (Å²) in [5.74, 6) is 1.17. The van der Waals surface area contributed by atoms with E-state index in [4.69, 9.17) is 32.7 Å². The van der Waals surface area contributed by atoms with Crippen molar-refractivity contribution >= 4 is 50.5 Å². The number of nitro benzene ring substituents is 1. The highest BCUT2D eigenvalue weighted by Crippen LogP contribution is 2.38. The molecule has 3 aromatic rings. The molecule has 162 valence electrons. The van der Waals surface area contributed by atoms with Gasteiger partial charge in [-0.15, -0.1) is 0 Å². The molecule has 0 fully saturated rings. The Bertz CT molecular complexity index is 1080. The first kappa shape index (κ1) is 23.2. The van der Waals surface area contributed by atoms with Crippen molar-refractivity contribution in [3.63, 3.8) is 0 Å². The fourth-order valence-electron chi connectivity index (χ4n) is 2.81. The Morgan fingerprint density at radius 2 is 1.74 bits per heavy atom. The molecule has 0 amide bonds. The average molecular weight is 526 g/mol. The predicted molar refractivity (Wildman–Crippen MR) is 127 cm³/mol. The summed E-state index contributed by atoms with van der Waals surface area (Å²) < 4.78 is 12.5. The monoisotopic (exact) mass is 524 g/mol. The lowest BCUT2D eigenvalue weighted by atomic mass is 10.2. The van der Waals surface area contributed by atoms with Gasteiger partial charge in [0.05, 0.1) is 26.0 Å². The Kier molecular flexibility index (Phi) is 8.01. The molecular weight excluding hydrogens is 507 g/mol. The van der Waals surface area contributed by atoms with Crippen molar-refractivity contribution in [3.8, 4) is 11.5 Å². The molecule has 0 radical (unpaired) electrons.